The normalized spacial score (nSPS) is 27.2. The highest BCUT2D eigenvalue weighted by Gasteiger charge is 2.28. The van der Waals surface area contributed by atoms with Gasteiger partial charge in [0, 0.05) is 25.4 Å². The first-order valence-corrected chi connectivity index (χ1v) is 9.80. The van der Waals surface area contributed by atoms with E-state index in [4.69, 9.17) is 0 Å². The van der Waals surface area contributed by atoms with Crippen LogP contribution in [0.15, 0.2) is 11.6 Å². The largest absolute Gasteiger partial charge is 0.356 e. The summed E-state index contributed by atoms with van der Waals surface area (Å²) in [7, 11) is 0. The Kier molecular flexibility index (Phi) is 7.80. The molecule has 2 aliphatic rings. The second-order valence-electron chi connectivity index (χ2n) is 7.65. The Hall–Kier alpha value is -1.32. The molecule has 0 aromatic rings. The molecule has 3 atom stereocenters. The standard InChI is InChI=1S/C20H34N2O2/c1-15-7-6-10-18(16(15)2)22-20(24)12-11-19(23)21-14-13-17-8-4-3-5-9-17/h8,15-16,18H,3-7,9-14H2,1-2H3,(H,21,23)(H,22,24). The lowest BCUT2D eigenvalue weighted by Crippen LogP contribution is -2.43. The zero-order chi connectivity index (χ0) is 17.4. The summed E-state index contributed by atoms with van der Waals surface area (Å²) >= 11 is 0. The molecule has 0 heterocycles. The first-order chi connectivity index (χ1) is 11.6. The zero-order valence-electron chi connectivity index (χ0n) is 15.4. The summed E-state index contributed by atoms with van der Waals surface area (Å²) in [4.78, 5) is 24.0. The van der Waals surface area contributed by atoms with Crippen molar-refractivity contribution in [2.45, 2.75) is 84.1 Å². The third-order valence-corrected chi connectivity index (χ3v) is 5.79. The third-order valence-electron chi connectivity index (χ3n) is 5.79. The molecule has 0 aromatic carbocycles. The number of hydrogen-bond donors (Lipinski definition) is 2. The van der Waals surface area contributed by atoms with Gasteiger partial charge in [0.05, 0.1) is 0 Å². The van der Waals surface area contributed by atoms with E-state index in [1.807, 2.05) is 0 Å². The second-order valence-corrected chi connectivity index (χ2v) is 7.65. The molecule has 1 fully saturated rings. The van der Waals surface area contributed by atoms with Crippen molar-refractivity contribution < 1.29 is 9.59 Å². The molecule has 4 heteroatoms. The molecule has 2 amide bonds. The van der Waals surface area contributed by atoms with Gasteiger partial charge in [-0.25, -0.2) is 0 Å². The Morgan fingerprint density at radius 2 is 1.88 bits per heavy atom. The fourth-order valence-corrected chi connectivity index (χ4v) is 3.87. The molecule has 2 aliphatic carbocycles. The minimum atomic E-state index is -0.00776. The number of amides is 2. The summed E-state index contributed by atoms with van der Waals surface area (Å²) in [6.07, 6.45) is 12.3. The van der Waals surface area contributed by atoms with E-state index in [0.717, 1.165) is 12.8 Å². The maximum absolute atomic E-state index is 12.1. The van der Waals surface area contributed by atoms with Crippen molar-refractivity contribution in [1.82, 2.24) is 10.6 Å². The van der Waals surface area contributed by atoms with Gasteiger partial charge in [0.1, 0.15) is 0 Å². The van der Waals surface area contributed by atoms with E-state index >= 15 is 0 Å². The van der Waals surface area contributed by atoms with Gasteiger partial charge < -0.3 is 10.6 Å². The molecule has 0 radical (unpaired) electrons. The van der Waals surface area contributed by atoms with Gasteiger partial charge >= 0.3 is 0 Å². The van der Waals surface area contributed by atoms with Gasteiger partial charge in [-0.15, -0.1) is 0 Å². The first-order valence-electron chi connectivity index (χ1n) is 9.80. The van der Waals surface area contributed by atoms with Gasteiger partial charge in [0.2, 0.25) is 11.8 Å². The van der Waals surface area contributed by atoms with Crippen LogP contribution < -0.4 is 10.6 Å². The van der Waals surface area contributed by atoms with E-state index in [1.54, 1.807) is 0 Å². The van der Waals surface area contributed by atoms with Crippen LogP contribution in [0.3, 0.4) is 0 Å². The van der Waals surface area contributed by atoms with Crippen LogP contribution in [0, 0.1) is 11.8 Å². The molecule has 0 aliphatic heterocycles. The van der Waals surface area contributed by atoms with Crippen LogP contribution in [0.2, 0.25) is 0 Å². The smallest absolute Gasteiger partial charge is 0.220 e. The summed E-state index contributed by atoms with van der Waals surface area (Å²) < 4.78 is 0. The van der Waals surface area contributed by atoms with Crippen molar-refractivity contribution in [2.75, 3.05) is 6.54 Å². The average Bonchev–Trinajstić information content (AvgIpc) is 2.58. The lowest BCUT2D eigenvalue weighted by Gasteiger charge is -2.34. The molecule has 0 aromatic heterocycles. The van der Waals surface area contributed by atoms with Crippen molar-refractivity contribution in [2.24, 2.45) is 11.8 Å². The number of allylic oxidation sites excluding steroid dienone is 1. The molecule has 2 rings (SSSR count). The quantitative estimate of drug-likeness (QED) is 0.697. The highest BCUT2D eigenvalue weighted by Crippen LogP contribution is 2.29. The molecule has 136 valence electrons. The highest BCUT2D eigenvalue weighted by atomic mass is 16.2. The van der Waals surface area contributed by atoms with Crippen molar-refractivity contribution in [3.05, 3.63) is 11.6 Å². The molecule has 0 spiro atoms. The lowest BCUT2D eigenvalue weighted by molar-refractivity contribution is -0.127. The maximum atomic E-state index is 12.1. The van der Waals surface area contributed by atoms with E-state index < -0.39 is 0 Å². The van der Waals surface area contributed by atoms with Crippen LogP contribution in [0.25, 0.3) is 0 Å². The first kappa shape index (κ1) is 19.0. The maximum Gasteiger partial charge on any atom is 0.220 e. The SMILES string of the molecule is CC1CCCC(NC(=O)CCC(=O)NCCC2=CCCCC2)C1C. The highest BCUT2D eigenvalue weighted by molar-refractivity contribution is 5.83. The fraction of sp³-hybridized carbons (Fsp3) is 0.800. The summed E-state index contributed by atoms with van der Waals surface area (Å²) in [6.45, 7) is 5.18. The number of hydrogen-bond acceptors (Lipinski definition) is 2. The Bertz CT molecular complexity index is 459. The summed E-state index contributed by atoms with van der Waals surface area (Å²) in [5.41, 5.74) is 1.47. The van der Waals surface area contributed by atoms with Crippen LogP contribution in [-0.2, 0) is 9.59 Å². The van der Waals surface area contributed by atoms with Gasteiger partial charge in [-0.3, -0.25) is 9.59 Å². The zero-order valence-corrected chi connectivity index (χ0v) is 15.4. The van der Waals surface area contributed by atoms with Crippen LogP contribution in [0.5, 0.6) is 0 Å². The molecule has 3 unspecified atom stereocenters. The van der Waals surface area contributed by atoms with Gasteiger partial charge in [0.15, 0.2) is 0 Å². The molecule has 0 bridgehead atoms. The Labute approximate surface area is 146 Å². The van der Waals surface area contributed by atoms with Crippen molar-refractivity contribution in [3.63, 3.8) is 0 Å². The van der Waals surface area contributed by atoms with Crippen LogP contribution >= 0.6 is 0 Å². The third kappa shape index (κ3) is 6.29. The van der Waals surface area contributed by atoms with Gasteiger partial charge in [-0.05, 0) is 50.4 Å². The predicted octanol–water partition coefficient (Wildman–Crippen LogP) is 3.71. The van der Waals surface area contributed by atoms with Crippen LogP contribution in [0.1, 0.15) is 78.1 Å². The summed E-state index contributed by atoms with van der Waals surface area (Å²) in [6, 6.07) is 0.280. The Balaban J connectivity index is 1.59. The van der Waals surface area contributed by atoms with Crippen LogP contribution in [-0.4, -0.2) is 24.4 Å². The minimum absolute atomic E-state index is 0.00776. The average molecular weight is 335 g/mol. The minimum Gasteiger partial charge on any atom is -0.356 e. The van der Waals surface area contributed by atoms with Crippen molar-refractivity contribution >= 4 is 11.8 Å². The molecule has 1 saturated carbocycles. The number of carbonyl (C=O) groups excluding carboxylic acids is 2. The molecule has 2 N–H and O–H groups in total. The van der Waals surface area contributed by atoms with Gasteiger partial charge in [0.25, 0.3) is 0 Å². The number of nitrogens with one attached hydrogen (secondary N) is 2. The molecular weight excluding hydrogens is 300 g/mol. The Morgan fingerprint density at radius 1 is 1.08 bits per heavy atom. The second kappa shape index (κ2) is 9.85. The van der Waals surface area contributed by atoms with Crippen molar-refractivity contribution in [1.29, 1.82) is 0 Å². The number of rotatable bonds is 7. The van der Waals surface area contributed by atoms with Crippen LogP contribution in [0.4, 0.5) is 0 Å². The molecule has 24 heavy (non-hydrogen) atoms. The van der Waals surface area contributed by atoms with E-state index in [0.29, 0.717) is 31.2 Å². The van der Waals surface area contributed by atoms with E-state index in [9.17, 15) is 9.59 Å². The predicted molar refractivity (Wildman–Crippen MR) is 97.5 cm³/mol. The molecule has 4 nitrogen and oxygen atoms in total. The summed E-state index contributed by atoms with van der Waals surface area (Å²) in [5, 5.41) is 6.08. The lowest BCUT2D eigenvalue weighted by atomic mass is 9.78. The summed E-state index contributed by atoms with van der Waals surface area (Å²) in [5.74, 6) is 1.21. The monoisotopic (exact) mass is 334 g/mol. The van der Waals surface area contributed by atoms with Gasteiger partial charge in [-0.1, -0.05) is 38.3 Å². The molecular formula is C20H34N2O2. The fourth-order valence-electron chi connectivity index (χ4n) is 3.87. The van der Waals surface area contributed by atoms with E-state index in [1.165, 1.54) is 44.1 Å². The topological polar surface area (TPSA) is 58.2 Å². The van der Waals surface area contributed by atoms with E-state index in [2.05, 4.69) is 30.6 Å². The number of carbonyl (C=O) groups is 2. The Morgan fingerprint density at radius 3 is 2.62 bits per heavy atom. The van der Waals surface area contributed by atoms with Gasteiger partial charge in [-0.2, -0.15) is 0 Å². The van der Waals surface area contributed by atoms with E-state index in [-0.39, 0.29) is 17.9 Å². The molecule has 0 saturated heterocycles. The van der Waals surface area contributed by atoms with Crippen molar-refractivity contribution in [3.8, 4) is 0 Å².